The third kappa shape index (κ3) is 6.57. The molecule has 5 nitrogen and oxygen atoms in total. The molecule has 3 rings (SSSR count). The molecule has 1 unspecified atom stereocenters. The van der Waals surface area contributed by atoms with Gasteiger partial charge in [-0.25, -0.2) is 4.99 Å². The monoisotopic (exact) mass is 500 g/mol. The maximum absolute atomic E-state index is 5.34. The van der Waals surface area contributed by atoms with Crippen LogP contribution in [0.2, 0.25) is 0 Å². The second-order valence-corrected chi connectivity index (χ2v) is 7.49. The Morgan fingerprint density at radius 2 is 2.19 bits per heavy atom. The Morgan fingerprint density at radius 1 is 1.30 bits per heavy atom. The molecule has 2 aromatic rings. The van der Waals surface area contributed by atoms with Crippen molar-refractivity contribution >= 4 is 47.0 Å². The third-order valence-corrected chi connectivity index (χ3v) is 5.44. The molecule has 0 saturated carbocycles. The second-order valence-electron chi connectivity index (χ2n) is 6.46. The van der Waals surface area contributed by atoms with Gasteiger partial charge in [-0.3, -0.25) is 0 Å². The van der Waals surface area contributed by atoms with Gasteiger partial charge in [0, 0.05) is 42.8 Å². The highest BCUT2D eigenvalue weighted by Crippen LogP contribution is 2.26. The first-order valence-electron chi connectivity index (χ1n) is 9.22. The minimum atomic E-state index is 0. The number of anilines is 1. The molecule has 0 aliphatic carbocycles. The summed E-state index contributed by atoms with van der Waals surface area (Å²) < 4.78 is 5.34. The molecule has 2 heterocycles. The van der Waals surface area contributed by atoms with Crippen LogP contribution in [-0.4, -0.2) is 39.2 Å². The van der Waals surface area contributed by atoms with Crippen molar-refractivity contribution in [1.29, 1.82) is 0 Å². The van der Waals surface area contributed by atoms with Gasteiger partial charge in [0.15, 0.2) is 5.96 Å². The van der Waals surface area contributed by atoms with E-state index in [1.807, 2.05) is 6.07 Å². The van der Waals surface area contributed by atoms with Gasteiger partial charge >= 0.3 is 0 Å². The maximum atomic E-state index is 5.34. The van der Waals surface area contributed by atoms with E-state index in [0.717, 1.165) is 44.4 Å². The van der Waals surface area contributed by atoms with E-state index in [-0.39, 0.29) is 24.0 Å². The number of guanidine groups is 1. The molecule has 148 valence electrons. The fraction of sp³-hybridized carbons (Fsp3) is 0.450. The number of rotatable bonds is 7. The summed E-state index contributed by atoms with van der Waals surface area (Å²) in [5, 5.41) is 8.95. The fourth-order valence-corrected chi connectivity index (χ4v) is 3.81. The van der Waals surface area contributed by atoms with Crippen LogP contribution in [0, 0.1) is 5.92 Å². The lowest BCUT2D eigenvalue weighted by molar-refractivity contribution is 0.415. The van der Waals surface area contributed by atoms with E-state index >= 15 is 0 Å². The number of hydrogen-bond acceptors (Lipinski definition) is 4. The van der Waals surface area contributed by atoms with Crippen molar-refractivity contribution in [3.05, 3.63) is 46.7 Å². The number of halogens is 1. The molecule has 1 aliphatic heterocycles. The van der Waals surface area contributed by atoms with Crippen molar-refractivity contribution < 1.29 is 4.74 Å². The molecule has 1 aromatic heterocycles. The van der Waals surface area contributed by atoms with Crippen LogP contribution in [0.4, 0.5) is 5.69 Å². The van der Waals surface area contributed by atoms with E-state index in [1.54, 1.807) is 18.4 Å². The number of nitrogens with zero attached hydrogens (tertiary/aromatic N) is 2. The Kier molecular flexibility index (Phi) is 9.20. The summed E-state index contributed by atoms with van der Waals surface area (Å²) in [5.41, 5.74) is 1.24. The normalized spacial score (nSPS) is 16.7. The van der Waals surface area contributed by atoms with E-state index in [2.05, 4.69) is 58.2 Å². The molecule has 0 radical (unpaired) electrons. The van der Waals surface area contributed by atoms with Crippen molar-refractivity contribution in [2.45, 2.75) is 19.9 Å². The zero-order chi connectivity index (χ0) is 18.2. The molecule has 0 amide bonds. The third-order valence-electron chi connectivity index (χ3n) is 4.58. The average Bonchev–Trinajstić information content (AvgIpc) is 3.36. The molecule has 1 aliphatic rings. The first kappa shape index (κ1) is 21.8. The largest absolute Gasteiger partial charge is 0.497 e. The highest BCUT2D eigenvalue weighted by molar-refractivity contribution is 14.0. The molecule has 1 fully saturated rings. The van der Waals surface area contributed by atoms with Gasteiger partial charge in [0.05, 0.1) is 13.7 Å². The molecule has 7 heteroatoms. The molecule has 1 atom stereocenters. The second kappa shape index (κ2) is 11.4. The lowest BCUT2D eigenvalue weighted by Crippen LogP contribution is -2.40. The van der Waals surface area contributed by atoms with Crippen molar-refractivity contribution in [2.75, 3.05) is 38.2 Å². The first-order chi connectivity index (χ1) is 12.8. The number of benzene rings is 1. The summed E-state index contributed by atoms with van der Waals surface area (Å²) >= 11 is 1.75. The predicted octanol–water partition coefficient (Wildman–Crippen LogP) is 3.96. The van der Waals surface area contributed by atoms with Crippen LogP contribution < -0.4 is 20.3 Å². The number of methoxy groups -OCH3 is 1. The van der Waals surface area contributed by atoms with Crippen LogP contribution in [0.1, 0.15) is 18.2 Å². The van der Waals surface area contributed by atoms with Crippen LogP contribution in [0.5, 0.6) is 5.75 Å². The van der Waals surface area contributed by atoms with E-state index in [0.29, 0.717) is 5.92 Å². The Labute approximate surface area is 183 Å². The lowest BCUT2D eigenvalue weighted by atomic mass is 10.1. The summed E-state index contributed by atoms with van der Waals surface area (Å²) in [6, 6.07) is 12.5. The summed E-state index contributed by atoms with van der Waals surface area (Å²) in [6.07, 6.45) is 1.19. The SMILES string of the molecule is CCNC(=NCc1cccs1)NCC1CCN(c2cccc(OC)c2)C1.I. The van der Waals surface area contributed by atoms with Crippen molar-refractivity contribution in [3.63, 3.8) is 0 Å². The van der Waals surface area contributed by atoms with Gasteiger partial charge in [-0.05, 0) is 42.8 Å². The molecule has 0 spiro atoms. The predicted molar refractivity (Wildman–Crippen MR) is 126 cm³/mol. The Balaban J connectivity index is 0.00000261. The number of hydrogen-bond donors (Lipinski definition) is 2. The summed E-state index contributed by atoms with van der Waals surface area (Å²) in [4.78, 5) is 8.41. The average molecular weight is 500 g/mol. The summed E-state index contributed by atoms with van der Waals surface area (Å²) in [5.74, 6) is 2.44. The van der Waals surface area contributed by atoms with Gasteiger partial charge < -0.3 is 20.3 Å². The number of aliphatic imine (C=N–C) groups is 1. The maximum Gasteiger partial charge on any atom is 0.191 e. The molecular weight excluding hydrogens is 471 g/mol. The topological polar surface area (TPSA) is 48.9 Å². The summed E-state index contributed by atoms with van der Waals surface area (Å²) in [7, 11) is 1.72. The van der Waals surface area contributed by atoms with Crippen LogP contribution in [0.25, 0.3) is 0 Å². The minimum Gasteiger partial charge on any atom is -0.497 e. The molecular formula is C20H29IN4OS. The Morgan fingerprint density at radius 3 is 2.93 bits per heavy atom. The van der Waals surface area contributed by atoms with Crippen LogP contribution in [0.15, 0.2) is 46.8 Å². The number of thiophene rings is 1. The lowest BCUT2D eigenvalue weighted by Gasteiger charge is -2.20. The van der Waals surface area contributed by atoms with Crippen LogP contribution >= 0.6 is 35.3 Å². The van der Waals surface area contributed by atoms with Gasteiger partial charge in [0.2, 0.25) is 0 Å². The van der Waals surface area contributed by atoms with E-state index in [9.17, 15) is 0 Å². The van der Waals surface area contributed by atoms with Gasteiger partial charge in [-0.15, -0.1) is 35.3 Å². The van der Waals surface area contributed by atoms with E-state index in [1.165, 1.54) is 17.0 Å². The highest BCUT2D eigenvalue weighted by Gasteiger charge is 2.23. The van der Waals surface area contributed by atoms with Gasteiger partial charge in [-0.2, -0.15) is 0 Å². The molecule has 1 aromatic carbocycles. The van der Waals surface area contributed by atoms with Gasteiger partial charge in [0.25, 0.3) is 0 Å². The first-order valence-corrected chi connectivity index (χ1v) is 10.1. The Bertz CT molecular complexity index is 708. The van der Waals surface area contributed by atoms with Crippen LogP contribution in [-0.2, 0) is 6.54 Å². The molecule has 2 N–H and O–H groups in total. The zero-order valence-corrected chi connectivity index (χ0v) is 19.1. The van der Waals surface area contributed by atoms with Crippen LogP contribution in [0.3, 0.4) is 0 Å². The van der Waals surface area contributed by atoms with Crippen molar-refractivity contribution in [3.8, 4) is 5.75 Å². The molecule has 27 heavy (non-hydrogen) atoms. The van der Waals surface area contributed by atoms with Crippen molar-refractivity contribution in [2.24, 2.45) is 10.9 Å². The smallest absolute Gasteiger partial charge is 0.191 e. The molecule has 0 bridgehead atoms. The number of nitrogens with one attached hydrogen (secondary N) is 2. The van der Waals surface area contributed by atoms with Crippen molar-refractivity contribution in [1.82, 2.24) is 10.6 Å². The quantitative estimate of drug-likeness (QED) is 0.344. The zero-order valence-electron chi connectivity index (χ0n) is 16.0. The highest BCUT2D eigenvalue weighted by atomic mass is 127. The van der Waals surface area contributed by atoms with Gasteiger partial charge in [-0.1, -0.05) is 12.1 Å². The Hall–Kier alpha value is -1.48. The van der Waals surface area contributed by atoms with Gasteiger partial charge in [0.1, 0.15) is 5.75 Å². The van der Waals surface area contributed by atoms with E-state index in [4.69, 9.17) is 9.73 Å². The number of ether oxygens (including phenoxy) is 1. The fourth-order valence-electron chi connectivity index (χ4n) is 3.18. The van der Waals surface area contributed by atoms with E-state index < -0.39 is 0 Å². The standard InChI is InChI=1S/C20H28N4OS.HI/c1-3-21-20(23-14-19-8-5-11-26-19)22-13-16-9-10-24(15-16)17-6-4-7-18(12-17)25-2;/h4-8,11-12,16H,3,9-10,13-15H2,1-2H3,(H2,21,22,23);1H. The minimum absolute atomic E-state index is 0. The summed E-state index contributed by atoms with van der Waals surface area (Å²) in [6.45, 7) is 6.79. The molecule has 1 saturated heterocycles.